The topological polar surface area (TPSA) is 46.3 Å². The molecule has 0 saturated carbocycles. The zero-order valence-corrected chi connectivity index (χ0v) is 9.14. The van der Waals surface area contributed by atoms with Gasteiger partial charge in [0, 0.05) is 18.3 Å². The van der Waals surface area contributed by atoms with Crippen LogP contribution in [0.1, 0.15) is 19.8 Å². The Bertz CT molecular complexity index is 186. The molecule has 2 N–H and O–H groups in total. The van der Waals surface area contributed by atoms with E-state index in [-0.39, 0.29) is 11.9 Å². The van der Waals surface area contributed by atoms with Gasteiger partial charge in [-0.2, -0.15) is 11.8 Å². The minimum Gasteiger partial charge on any atom is -0.340 e. The Labute approximate surface area is 84.0 Å². The number of hydrogen-bond donors (Lipinski definition) is 1. The van der Waals surface area contributed by atoms with Gasteiger partial charge >= 0.3 is 0 Å². The van der Waals surface area contributed by atoms with Crippen molar-refractivity contribution >= 4 is 17.7 Å². The predicted octanol–water partition coefficient (Wildman–Crippen LogP) is 0.688. The van der Waals surface area contributed by atoms with Gasteiger partial charge < -0.3 is 10.6 Å². The second-order valence-electron chi connectivity index (χ2n) is 3.58. The lowest BCUT2D eigenvalue weighted by molar-refractivity contribution is -0.134. The summed E-state index contributed by atoms with van der Waals surface area (Å²) in [5, 5.41) is 0.509. The van der Waals surface area contributed by atoms with Gasteiger partial charge in [-0.25, -0.2) is 0 Å². The number of rotatable bonds is 3. The molecule has 4 heteroatoms. The lowest BCUT2D eigenvalue weighted by Gasteiger charge is -2.31. The highest BCUT2D eigenvalue weighted by Crippen LogP contribution is 2.14. The number of likely N-dealkylation sites (tertiary alicyclic amines) is 1. The van der Waals surface area contributed by atoms with Crippen molar-refractivity contribution in [2.24, 2.45) is 5.73 Å². The predicted molar refractivity (Wildman–Crippen MR) is 56.8 cm³/mol. The Morgan fingerprint density at radius 1 is 1.77 bits per heavy atom. The molecule has 0 aromatic carbocycles. The molecule has 0 radical (unpaired) electrons. The van der Waals surface area contributed by atoms with Gasteiger partial charge in [-0.1, -0.05) is 6.92 Å². The molecular formula is C9H18N2OS. The van der Waals surface area contributed by atoms with Gasteiger partial charge in [0.2, 0.25) is 5.91 Å². The standard InChI is InChI=1S/C9H18N2OS/c1-7(13-2)6-11-5-3-4-8(10)9(11)12/h7-8H,3-6,10H2,1-2H3. The third-order valence-electron chi connectivity index (χ3n) is 2.45. The van der Waals surface area contributed by atoms with Crippen molar-refractivity contribution in [3.63, 3.8) is 0 Å². The zero-order valence-electron chi connectivity index (χ0n) is 8.32. The van der Waals surface area contributed by atoms with Crippen LogP contribution in [-0.2, 0) is 4.79 Å². The van der Waals surface area contributed by atoms with Crippen LogP contribution in [0.2, 0.25) is 0 Å². The molecule has 1 rings (SSSR count). The molecule has 76 valence electrons. The fourth-order valence-electron chi connectivity index (χ4n) is 1.54. The van der Waals surface area contributed by atoms with Gasteiger partial charge in [-0.3, -0.25) is 4.79 Å². The van der Waals surface area contributed by atoms with Crippen LogP contribution in [0.15, 0.2) is 0 Å². The SMILES string of the molecule is CSC(C)CN1CCCC(N)C1=O. The van der Waals surface area contributed by atoms with Crippen molar-refractivity contribution in [1.82, 2.24) is 4.90 Å². The first-order valence-corrected chi connectivity index (χ1v) is 6.01. The first kappa shape index (κ1) is 10.9. The van der Waals surface area contributed by atoms with Crippen LogP contribution >= 0.6 is 11.8 Å². The van der Waals surface area contributed by atoms with Crippen molar-refractivity contribution in [2.45, 2.75) is 31.1 Å². The molecule has 0 aromatic rings. The molecule has 0 aliphatic carbocycles. The molecule has 0 aromatic heterocycles. The minimum atomic E-state index is -0.247. The summed E-state index contributed by atoms with van der Waals surface area (Å²) in [6.45, 7) is 3.86. The molecule has 1 saturated heterocycles. The van der Waals surface area contributed by atoms with Crippen molar-refractivity contribution in [2.75, 3.05) is 19.3 Å². The number of nitrogens with two attached hydrogens (primary N) is 1. The van der Waals surface area contributed by atoms with Crippen LogP contribution in [0.25, 0.3) is 0 Å². The van der Waals surface area contributed by atoms with E-state index in [1.54, 1.807) is 11.8 Å². The number of carbonyl (C=O) groups excluding carboxylic acids is 1. The highest BCUT2D eigenvalue weighted by molar-refractivity contribution is 7.99. The summed E-state index contributed by atoms with van der Waals surface area (Å²) in [4.78, 5) is 13.5. The molecule has 2 atom stereocenters. The summed E-state index contributed by atoms with van der Waals surface area (Å²) in [5.41, 5.74) is 5.69. The van der Waals surface area contributed by atoms with E-state index in [1.165, 1.54) is 0 Å². The molecule has 2 unspecified atom stereocenters. The number of carbonyl (C=O) groups is 1. The van der Waals surface area contributed by atoms with Gasteiger partial charge in [-0.05, 0) is 19.1 Å². The van der Waals surface area contributed by atoms with Gasteiger partial charge in [0.1, 0.15) is 0 Å². The molecule has 13 heavy (non-hydrogen) atoms. The number of nitrogens with zero attached hydrogens (tertiary/aromatic N) is 1. The molecule has 1 aliphatic rings. The average Bonchev–Trinajstić information content (AvgIpc) is 2.13. The van der Waals surface area contributed by atoms with E-state index in [2.05, 4.69) is 13.2 Å². The second kappa shape index (κ2) is 4.86. The Balaban J connectivity index is 2.44. The highest BCUT2D eigenvalue weighted by Gasteiger charge is 2.26. The maximum atomic E-state index is 11.6. The summed E-state index contributed by atoms with van der Waals surface area (Å²) in [6, 6.07) is -0.247. The number of amides is 1. The summed E-state index contributed by atoms with van der Waals surface area (Å²) in [5.74, 6) is 0.132. The fraction of sp³-hybridized carbons (Fsp3) is 0.889. The third kappa shape index (κ3) is 2.88. The van der Waals surface area contributed by atoms with E-state index < -0.39 is 0 Å². The van der Waals surface area contributed by atoms with Crippen LogP contribution in [0.3, 0.4) is 0 Å². The van der Waals surface area contributed by atoms with E-state index in [4.69, 9.17) is 5.73 Å². The highest BCUT2D eigenvalue weighted by atomic mass is 32.2. The van der Waals surface area contributed by atoms with Crippen molar-refractivity contribution in [3.05, 3.63) is 0 Å². The van der Waals surface area contributed by atoms with Gasteiger partial charge in [0.15, 0.2) is 0 Å². The van der Waals surface area contributed by atoms with E-state index in [0.29, 0.717) is 5.25 Å². The molecule has 1 amide bonds. The van der Waals surface area contributed by atoms with Crippen LogP contribution < -0.4 is 5.73 Å². The van der Waals surface area contributed by atoms with Crippen molar-refractivity contribution in [1.29, 1.82) is 0 Å². The summed E-state index contributed by atoms with van der Waals surface area (Å²) in [7, 11) is 0. The number of piperidine rings is 1. The molecule has 3 nitrogen and oxygen atoms in total. The van der Waals surface area contributed by atoms with Crippen LogP contribution in [0.4, 0.5) is 0 Å². The summed E-state index contributed by atoms with van der Waals surface area (Å²) < 4.78 is 0. The minimum absolute atomic E-state index is 0.132. The monoisotopic (exact) mass is 202 g/mol. The fourth-order valence-corrected chi connectivity index (χ4v) is 1.87. The van der Waals surface area contributed by atoms with E-state index in [9.17, 15) is 4.79 Å². The summed E-state index contributed by atoms with van der Waals surface area (Å²) >= 11 is 1.79. The van der Waals surface area contributed by atoms with E-state index in [0.717, 1.165) is 25.9 Å². The molecule has 1 aliphatic heterocycles. The molecule has 1 fully saturated rings. The zero-order chi connectivity index (χ0) is 9.84. The Hall–Kier alpha value is -0.220. The normalized spacial score (nSPS) is 26.2. The van der Waals surface area contributed by atoms with Gasteiger partial charge in [0.05, 0.1) is 6.04 Å². The smallest absolute Gasteiger partial charge is 0.239 e. The second-order valence-corrected chi connectivity index (χ2v) is 4.86. The van der Waals surface area contributed by atoms with Crippen LogP contribution in [0, 0.1) is 0 Å². The Kier molecular flexibility index (Phi) is 4.06. The van der Waals surface area contributed by atoms with E-state index >= 15 is 0 Å². The first-order chi connectivity index (χ1) is 6.15. The molecule has 0 bridgehead atoms. The largest absolute Gasteiger partial charge is 0.340 e. The average molecular weight is 202 g/mol. The van der Waals surface area contributed by atoms with Crippen molar-refractivity contribution < 1.29 is 4.79 Å². The van der Waals surface area contributed by atoms with Gasteiger partial charge in [-0.15, -0.1) is 0 Å². The maximum Gasteiger partial charge on any atom is 0.239 e. The first-order valence-electron chi connectivity index (χ1n) is 4.72. The maximum absolute atomic E-state index is 11.6. The Morgan fingerprint density at radius 2 is 2.46 bits per heavy atom. The van der Waals surface area contributed by atoms with E-state index in [1.807, 2.05) is 4.90 Å². The number of hydrogen-bond acceptors (Lipinski definition) is 3. The Morgan fingerprint density at radius 3 is 3.08 bits per heavy atom. The summed E-state index contributed by atoms with van der Waals surface area (Å²) in [6.07, 6.45) is 3.97. The third-order valence-corrected chi connectivity index (χ3v) is 3.41. The van der Waals surface area contributed by atoms with Crippen LogP contribution in [0.5, 0.6) is 0 Å². The molecule has 1 heterocycles. The lowest BCUT2D eigenvalue weighted by Crippen LogP contribution is -2.49. The molecule has 0 spiro atoms. The van der Waals surface area contributed by atoms with Crippen molar-refractivity contribution in [3.8, 4) is 0 Å². The lowest BCUT2D eigenvalue weighted by atomic mass is 10.1. The van der Waals surface area contributed by atoms with Crippen LogP contribution in [-0.4, -0.2) is 41.4 Å². The quantitative estimate of drug-likeness (QED) is 0.732. The number of thioether (sulfide) groups is 1. The molecular weight excluding hydrogens is 184 g/mol. The van der Waals surface area contributed by atoms with Gasteiger partial charge in [0.25, 0.3) is 0 Å².